The molecule has 8 nitrogen and oxygen atoms in total. The first kappa shape index (κ1) is 23.6. The molecule has 0 spiro atoms. The molecule has 0 saturated carbocycles. The molecular formula is C26H32N4O4. The number of hydrogen-bond acceptors (Lipinski definition) is 5. The van der Waals surface area contributed by atoms with E-state index in [1.54, 1.807) is 14.2 Å². The number of nitrogens with zero attached hydrogens (tertiary/aromatic N) is 1. The Morgan fingerprint density at radius 1 is 1.18 bits per heavy atom. The first-order valence-electron chi connectivity index (χ1n) is 11.6. The highest BCUT2D eigenvalue weighted by Crippen LogP contribution is 2.33. The molecule has 0 bridgehead atoms. The van der Waals surface area contributed by atoms with Crippen molar-refractivity contribution in [2.24, 2.45) is 0 Å². The van der Waals surface area contributed by atoms with Gasteiger partial charge in [-0.2, -0.15) is 0 Å². The zero-order chi connectivity index (χ0) is 24.1. The van der Waals surface area contributed by atoms with Gasteiger partial charge in [-0.05, 0) is 55.5 Å². The number of para-hydroxylation sites is 1. The second-order valence-electron chi connectivity index (χ2n) is 8.95. The van der Waals surface area contributed by atoms with E-state index in [4.69, 9.17) is 9.47 Å². The fourth-order valence-corrected chi connectivity index (χ4v) is 4.67. The maximum atomic E-state index is 12.6. The minimum atomic E-state index is -0.440. The van der Waals surface area contributed by atoms with Gasteiger partial charge in [0.15, 0.2) is 11.5 Å². The predicted molar refractivity (Wildman–Crippen MR) is 130 cm³/mol. The van der Waals surface area contributed by atoms with Crippen molar-refractivity contribution < 1.29 is 19.1 Å². The maximum absolute atomic E-state index is 12.6. The highest BCUT2D eigenvalue weighted by atomic mass is 16.5. The molecule has 1 aliphatic rings. The number of amides is 2. The quantitative estimate of drug-likeness (QED) is 0.427. The molecule has 4 rings (SSSR count). The van der Waals surface area contributed by atoms with Gasteiger partial charge in [-0.1, -0.05) is 18.2 Å². The summed E-state index contributed by atoms with van der Waals surface area (Å²) in [5.41, 5.74) is 3.70. The number of fused-ring (bicyclic) bond motifs is 1. The number of aromatic amines is 1. The first-order chi connectivity index (χ1) is 16.4. The topological polar surface area (TPSA) is 105 Å². The standard InChI is InChI=1S/C26H32N4O4/c1-17-5-4-6-19-25(17)29-22(28-19)11-14-27-23(31)9-12-26(13-10-24(32)30-26)16-18-7-8-20(33-2)21(15-18)34-3/h4-8,15H,9-14,16H2,1-3H3,(H,27,31)(H,28,29)(H,30,32)/t26-/m0/s1. The summed E-state index contributed by atoms with van der Waals surface area (Å²) in [6, 6.07) is 11.8. The average Bonchev–Trinajstić information content (AvgIpc) is 3.42. The Bertz CT molecular complexity index is 1190. The lowest BCUT2D eigenvalue weighted by Crippen LogP contribution is -2.44. The van der Waals surface area contributed by atoms with Gasteiger partial charge in [0.2, 0.25) is 11.8 Å². The van der Waals surface area contributed by atoms with Crippen LogP contribution in [0.5, 0.6) is 11.5 Å². The van der Waals surface area contributed by atoms with Crippen molar-refractivity contribution in [2.75, 3.05) is 20.8 Å². The molecule has 8 heteroatoms. The molecule has 2 heterocycles. The number of aryl methyl sites for hydroxylation is 1. The number of nitrogens with one attached hydrogen (secondary N) is 3. The van der Waals surface area contributed by atoms with Crippen LogP contribution in [-0.4, -0.2) is 48.1 Å². The number of hydrogen-bond donors (Lipinski definition) is 3. The van der Waals surface area contributed by atoms with Crippen LogP contribution >= 0.6 is 0 Å². The Labute approximate surface area is 199 Å². The van der Waals surface area contributed by atoms with Crippen molar-refractivity contribution in [3.8, 4) is 11.5 Å². The summed E-state index contributed by atoms with van der Waals surface area (Å²) < 4.78 is 10.7. The van der Waals surface area contributed by atoms with Crippen LogP contribution in [0.4, 0.5) is 0 Å². The Balaban J connectivity index is 1.33. The van der Waals surface area contributed by atoms with Crippen LogP contribution in [-0.2, 0) is 22.4 Å². The number of ether oxygens (including phenoxy) is 2. The number of methoxy groups -OCH3 is 2. The molecule has 0 aliphatic carbocycles. The molecule has 2 aromatic carbocycles. The lowest BCUT2D eigenvalue weighted by atomic mass is 9.85. The normalized spacial score (nSPS) is 17.6. The van der Waals surface area contributed by atoms with Gasteiger partial charge in [-0.3, -0.25) is 9.59 Å². The Morgan fingerprint density at radius 2 is 2.00 bits per heavy atom. The first-order valence-corrected chi connectivity index (χ1v) is 11.6. The largest absolute Gasteiger partial charge is 0.493 e. The van der Waals surface area contributed by atoms with Crippen LogP contribution in [0.15, 0.2) is 36.4 Å². The summed E-state index contributed by atoms with van der Waals surface area (Å²) in [7, 11) is 3.20. The molecule has 3 N–H and O–H groups in total. The van der Waals surface area contributed by atoms with Crippen LogP contribution < -0.4 is 20.1 Å². The second kappa shape index (κ2) is 10.2. The molecule has 1 atom stereocenters. The molecule has 1 aromatic heterocycles. The minimum absolute atomic E-state index is 0.0277. The van der Waals surface area contributed by atoms with E-state index in [-0.39, 0.29) is 11.8 Å². The third kappa shape index (κ3) is 5.32. The fourth-order valence-electron chi connectivity index (χ4n) is 4.67. The van der Waals surface area contributed by atoms with E-state index < -0.39 is 5.54 Å². The van der Waals surface area contributed by atoms with Gasteiger partial charge in [-0.25, -0.2) is 4.98 Å². The molecule has 3 aromatic rings. The molecule has 0 unspecified atom stereocenters. The summed E-state index contributed by atoms with van der Waals surface area (Å²) in [4.78, 5) is 32.6. The van der Waals surface area contributed by atoms with Gasteiger partial charge in [-0.15, -0.1) is 0 Å². The van der Waals surface area contributed by atoms with Crippen LogP contribution in [0.3, 0.4) is 0 Å². The Hall–Kier alpha value is -3.55. The van der Waals surface area contributed by atoms with Crippen molar-refractivity contribution in [1.29, 1.82) is 0 Å². The smallest absolute Gasteiger partial charge is 0.220 e. The average molecular weight is 465 g/mol. The van der Waals surface area contributed by atoms with E-state index in [0.29, 0.717) is 56.6 Å². The zero-order valence-corrected chi connectivity index (χ0v) is 20.0. The van der Waals surface area contributed by atoms with E-state index in [1.807, 2.05) is 43.3 Å². The SMILES string of the molecule is COc1ccc(C[C@]2(CCC(=O)NCCc3nc4c(C)cccc4[nH]3)CCC(=O)N2)cc1OC. The van der Waals surface area contributed by atoms with Crippen LogP contribution in [0.2, 0.25) is 0 Å². The number of benzene rings is 2. The highest BCUT2D eigenvalue weighted by Gasteiger charge is 2.38. The fraction of sp³-hybridized carbons (Fsp3) is 0.423. The summed E-state index contributed by atoms with van der Waals surface area (Å²) in [6.45, 7) is 2.54. The number of imidazole rings is 1. The van der Waals surface area contributed by atoms with Gasteiger partial charge in [0.1, 0.15) is 5.82 Å². The summed E-state index contributed by atoms with van der Waals surface area (Å²) >= 11 is 0. The van der Waals surface area contributed by atoms with Crippen molar-refractivity contribution in [3.05, 3.63) is 53.3 Å². The molecule has 34 heavy (non-hydrogen) atoms. The van der Waals surface area contributed by atoms with E-state index >= 15 is 0 Å². The summed E-state index contributed by atoms with van der Waals surface area (Å²) in [6.07, 6.45) is 3.35. The van der Waals surface area contributed by atoms with Gasteiger partial charge < -0.3 is 25.1 Å². The molecule has 1 fully saturated rings. The molecule has 0 radical (unpaired) electrons. The van der Waals surface area contributed by atoms with Gasteiger partial charge in [0, 0.05) is 31.3 Å². The predicted octanol–water partition coefficient (Wildman–Crippen LogP) is 3.22. The van der Waals surface area contributed by atoms with Crippen molar-refractivity contribution in [1.82, 2.24) is 20.6 Å². The number of carbonyl (C=O) groups is 2. The lowest BCUT2D eigenvalue weighted by Gasteiger charge is -2.29. The van der Waals surface area contributed by atoms with Gasteiger partial charge in [0.05, 0.1) is 25.3 Å². The van der Waals surface area contributed by atoms with E-state index in [2.05, 4.69) is 20.6 Å². The van der Waals surface area contributed by atoms with Gasteiger partial charge >= 0.3 is 0 Å². The van der Waals surface area contributed by atoms with E-state index in [0.717, 1.165) is 28.0 Å². The lowest BCUT2D eigenvalue weighted by molar-refractivity contribution is -0.122. The number of aromatic nitrogens is 2. The zero-order valence-electron chi connectivity index (χ0n) is 20.0. The molecule has 1 saturated heterocycles. The monoisotopic (exact) mass is 464 g/mol. The molecule has 2 amide bonds. The van der Waals surface area contributed by atoms with Crippen molar-refractivity contribution in [2.45, 2.75) is 51.0 Å². The Kier molecular flexibility index (Phi) is 7.05. The third-order valence-corrected chi connectivity index (χ3v) is 6.50. The molecule has 180 valence electrons. The van der Waals surface area contributed by atoms with Crippen molar-refractivity contribution >= 4 is 22.8 Å². The van der Waals surface area contributed by atoms with Crippen molar-refractivity contribution in [3.63, 3.8) is 0 Å². The van der Waals surface area contributed by atoms with E-state index in [9.17, 15) is 9.59 Å². The maximum Gasteiger partial charge on any atom is 0.220 e. The van der Waals surface area contributed by atoms with Gasteiger partial charge in [0.25, 0.3) is 0 Å². The van der Waals surface area contributed by atoms with E-state index in [1.165, 1.54) is 0 Å². The highest BCUT2D eigenvalue weighted by molar-refractivity contribution is 5.80. The molecular weight excluding hydrogens is 432 g/mol. The minimum Gasteiger partial charge on any atom is -0.493 e. The van der Waals surface area contributed by atoms with Crippen LogP contribution in [0, 0.1) is 6.92 Å². The Morgan fingerprint density at radius 3 is 2.71 bits per heavy atom. The summed E-state index contributed by atoms with van der Waals surface area (Å²) in [5, 5.41) is 6.12. The van der Waals surface area contributed by atoms with Crippen LogP contribution in [0.25, 0.3) is 11.0 Å². The van der Waals surface area contributed by atoms with Crippen LogP contribution in [0.1, 0.15) is 42.6 Å². The second-order valence-corrected chi connectivity index (χ2v) is 8.95. The third-order valence-electron chi connectivity index (χ3n) is 6.50. The number of rotatable bonds is 10. The number of H-pyrrole nitrogens is 1. The number of carbonyl (C=O) groups excluding carboxylic acids is 2. The molecule has 1 aliphatic heterocycles. The summed E-state index contributed by atoms with van der Waals surface area (Å²) in [5.74, 6) is 2.17.